The van der Waals surface area contributed by atoms with Crippen LogP contribution in [0.4, 0.5) is 0 Å². The quantitative estimate of drug-likeness (QED) is 0.666. The molecule has 2 fully saturated rings. The second-order valence-electron chi connectivity index (χ2n) is 9.25. The Labute approximate surface area is 174 Å². The number of ether oxygens (including phenoxy) is 1. The Hall–Kier alpha value is -1.72. The third-order valence-corrected chi connectivity index (χ3v) is 7.35. The van der Waals surface area contributed by atoms with Crippen molar-refractivity contribution in [1.82, 2.24) is 4.90 Å². The number of carboxylic acids is 1. The highest BCUT2D eigenvalue weighted by atomic mass is 16.5. The Balaban J connectivity index is 1.56. The average Bonchev–Trinajstić information content (AvgIpc) is 3.44. The molecule has 1 aromatic carbocycles. The number of hydrogen-bond acceptors (Lipinski definition) is 4. The van der Waals surface area contributed by atoms with E-state index in [2.05, 4.69) is 25.7 Å². The van der Waals surface area contributed by atoms with E-state index in [4.69, 9.17) is 4.74 Å². The lowest BCUT2D eigenvalue weighted by Gasteiger charge is -2.40. The fraction of sp³-hybridized carbons (Fsp3) is 0.667. The first-order valence-corrected chi connectivity index (χ1v) is 10.9. The van der Waals surface area contributed by atoms with Crippen molar-refractivity contribution in [2.45, 2.75) is 64.9 Å². The summed E-state index contributed by atoms with van der Waals surface area (Å²) in [4.78, 5) is 26.1. The summed E-state index contributed by atoms with van der Waals surface area (Å²) >= 11 is 0. The van der Waals surface area contributed by atoms with Crippen molar-refractivity contribution >= 4 is 11.8 Å². The van der Waals surface area contributed by atoms with Crippen LogP contribution in [0.5, 0.6) is 0 Å². The number of likely N-dealkylation sites (tertiary alicyclic amines) is 1. The van der Waals surface area contributed by atoms with Crippen LogP contribution in [0.1, 0.15) is 75.2 Å². The summed E-state index contributed by atoms with van der Waals surface area (Å²) in [5.41, 5.74) is 0.854. The number of benzene rings is 1. The molecule has 160 valence electrons. The molecule has 0 spiro atoms. The van der Waals surface area contributed by atoms with Gasteiger partial charge in [0.15, 0.2) is 5.78 Å². The topological polar surface area (TPSA) is 66.8 Å². The normalized spacial score (nSPS) is 25.9. The predicted molar refractivity (Wildman–Crippen MR) is 113 cm³/mol. The van der Waals surface area contributed by atoms with Crippen molar-refractivity contribution in [2.24, 2.45) is 11.3 Å². The highest BCUT2D eigenvalue weighted by molar-refractivity contribution is 5.87. The van der Waals surface area contributed by atoms with Crippen LogP contribution in [0, 0.1) is 11.3 Å². The molecule has 1 aliphatic heterocycles. The molecular formula is C24H35NO4. The Bertz CT molecular complexity index is 757. The third kappa shape index (κ3) is 4.41. The van der Waals surface area contributed by atoms with Gasteiger partial charge >= 0.3 is 5.97 Å². The molecule has 5 nitrogen and oxygen atoms in total. The Morgan fingerprint density at radius 3 is 2.62 bits per heavy atom. The minimum Gasteiger partial charge on any atom is -0.478 e. The zero-order chi connectivity index (χ0) is 21.2. The molecule has 0 bridgehead atoms. The zero-order valence-electron chi connectivity index (χ0n) is 18.2. The molecule has 1 aliphatic carbocycles. The van der Waals surface area contributed by atoms with E-state index >= 15 is 0 Å². The van der Waals surface area contributed by atoms with Crippen molar-refractivity contribution in [1.29, 1.82) is 0 Å². The molecular weight excluding hydrogens is 366 g/mol. The van der Waals surface area contributed by atoms with E-state index in [1.807, 2.05) is 18.2 Å². The van der Waals surface area contributed by atoms with Gasteiger partial charge in [0.1, 0.15) is 5.60 Å². The maximum atomic E-state index is 12.4. The molecule has 3 rings (SSSR count). The molecule has 1 saturated carbocycles. The van der Waals surface area contributed by atoms with Crippen LogP contribution in [0.2, 0.25) is 0 Å². The van der Waals surface area contributed by atoms with Crippen LogP contribution in [0.15, 0.2) is 24.3 Å². The summed E-state index contributed by atoms with van der Waals surface area (Å²) in [5.74, 6) is 0.106. The van der Waals surface area contributed by atoms with Gasteiger partial charge in [-0.2, -0.15) is 0 Å². The molecule has 0 aromatic heterocycles. The predicted octanol–water partition coefficient (Wildman–Crippen LogP) is 4.36. The second-order valence-corrected chi connectivity index (χ2v) is 9.25. The molecule has 1 heterocycles. The van der Waals surface area contributed by atoms with Gasteiger partial charge < -0.3 is 14.7 Å². The van der Waals surface area contributed by atoms with Crippen molar-refractivity contribution in [3.63, 3.8) is 0 Å². The Morgan fingerprint density at radius 2 is 2.07 bits per heavy atom. The monoisotopic (exact) mass is 401 g/mol. The number of carboxylic acid groups (broad SMARTS) is 1. The number of nitrogens with zero attached hydrogens (tertiary/aromatic N) is 1. The average molecular weight is 402 g/mol. The zero-order valence-corrected chi connectivity index (χ0v) is 18.2. The van der Waals surface area contributed by atoms with Gasteiger partial charge in [0.05, 0.1) is 12.2 Å². The number of piperidine rings is 1. The largest absolute Gasteiger partial charge is 0.478 e. The smallest absolute Gasteiger partial charge is 0.335 e. The standard InChI is InChI=1S/C24H35NO4/c1-5-24(18(3)26,23(4)10-11-23)29-14-13-25-12-9-21(17(2)16-25)19-7-6-8-20(15-19)22(27)28/h6-8,15,17,21H,5,9-14,16H2,1-4H3,(H,27,28)/t17-,21-,24?/m1/s1. The first-order chi connectivity index (χ1) is 13.7. The van der Waals surface area contributed by atoms with Gasteiger partial charge in [-0.05, 0) is 68.7 Å². The highest BCUT2D eigenvalue weighted by Gasteiger charge is 2.58. The summed E-state index contributed by atoms with van der Waals surface area (Å²) < 4.78 is 6.30. The van der Waals surface area contributed by atoms with Gasteiger partial charge in [-0.3, -0.25) is 4.79 Å². The molecule has 0 radical (unpaired) electrons. The second kappa shape index (κ2) is 8.57. The molecule has 2 aliphatic rings. The maximum absolute atomic E-state index is 12.4. The summed E-state index contributed by atoms with van der Waals surface area (Å²) in [5, 5.41) is 9.25. The number of carbonyl (C=O) groups excluding carboxylic acids is 1. The van der Waals surface area contributed by atoms with Crippen LogP contribution in [-0.2, 0) is 9.53 Å². The Kier molecular flexibility index (Phi) is 6.49. The summed E-state index contributed by atoms with van der Waals surface area (Å²) in [6.07, 6.45) is 3.88. The fourth-order valence-corrected chi connectivity index (χ4v) is 5.25. The van der Waals surface area contributed by atoms with E-state index in [-0.39, 0.29) is 11.2 Å². The molecule has 1 saturated heterocycles. The number of rotatable bonds is 9. The molecule has 1 N–H and O–H groups in total. The van der Waals surface area contributed by atoms with Crippen molar-refractivity contribution in [2.75, 3.05) is 26.2 Å². The first kappa shape index (κ1) is 22.0. The summed E-state index contributed by atoms with van der Waals surface area (Å²) in [7, 11) is 0. The number of hydrogen-bond donors (Lipinski definition) is 1. The van der Waals surface area contributed by atoms with E-state index < -0.39 is 11.6 Å². The lowest BCUT2D eigenvalue weighted by atomic mass is 9.80. The summed E-state index contributed by atoms with van der Waals surface area (Å²) in [6, 6.07) is 7.36. The Morgan fingerprint density at radius 1 is 1.34 bits per heavy atom. The van der Waals surface area contributed by atoms with Gasteiger partial charge in [-0.15, -0.1) is 0 Å². The lowest BCUT2D eigenvalue weighted by Crippen LogP contribution is -2.49. The van der Waals surface area contributed by atoms with E-state index in [1.54, 1.807) is 13.0 Å². The van der Waals surface area contributed by atoms with Gasteiger partial charge in [0, 0.05) is 18.5 Å². The van der Waals surface area contributed by atoms with E-state index in [0.717, 1.165) is 50.9 Å². The van der Waals surface area contributed by atoms with Gasteiger partial charge in [-0.25, -0.2) is 4.79 Å². The van der Waals surface area contributed by atoms with Gasteiger partial charge in [-0.1, -0.05) is 32.9 Å². The van der Waals surface area contributed by atoms with Crippen LogP contribution in [0.3, 0.4) is 0 Å². The molecule has 29 heavy (non-hydrogen) atoms. The fourth-order valence-electron chi connectivity index (χ4n) is 5.25. The SMILES string of the molecule is CCC(OCCN1CC[C@@H](c2cccc(C(=O)O)c2)[C@H](C)C1)(C(C)=O)C1(C)CC1. The molecule has 1 unspecified atom stereocenters. The third-order valence-electron chi connectivity index (χ3n) is 7.35. The highest BCUT2D eigenvalue weighted by Crippen LogP contribution is 2.57. The van der Waals surface area contributed by atoms with Crippen molar-refractivity contribution < 1.29 is 19.4 Å². The minimum absolute atomic E-state index is 0.00300. The van der Waals surface area contributed by atoms with Gasteiger partial charge in [0.25, 0.3) is 0 Å². The number of aromatic carboxylic acids is 1. The number of ketones is 1. The molecule has 5 heteroatoms. The molecule has 3 atom stereocenters. The number of Topliss-reactive ketones (excluding diaryl/α,β-unsaturated/α-hetero) is 1. The summed E-state index contributed by atoms with van der Waals surface area (Å²) in [6.45, 7) is 11.5. The van der Waals surface area contributed by atoms with E-state index in [9.17, 15) is 14.7 Å². The molecule has 0 amide bonds. The van der Waals surface area contributed by atoms with Crippen LogP contribution in [-0.4, -0.2) is 53.6 Å². The van der Waals surface area contributed by atoms with Gasteiger partial charge in [0.2, 0.25) is 0 Å². The first-order valence-electron chi connectivity index (χ1n) is 10.9. The molecule has 1 aromatic rings. The van der Waals surface area contributed by atoms with Crippen LogP contribution < -0.4 is 0 Å². The lowest BCUT2D eigenvalue weighted by molar-refractivity contribution is -0.155. The van der Waals surface area contributed by atoms with Crippen LogP contribution in [0.25, 0.3) is 0 Å². The van der Waals surface area contributed by atoms with E-state index in [1.165, 1.54) is 0 Å². The maximum Gasteiger partial charge on any atom is 0.335 e. The van der Waals surface area contributed by atoms with Crippen LogP contribution >= 0.6 is 0 Å². The van der Waals surface area contributed by atoms with Crippen molar-refractivity contribution in [3.8, 4) is 0 Å². The van der Waals surface area contributed by atoms with Crippen molar-refractivity contribution in [3.05, 3.63) is 35.4 Å². The van der Waals surface area contributed by atoms with E-state index in [0.29, 0.717) is 24.0 Å². The number of carbonyl (C=O) groups is 2. The minimum atomic E-state index is -0.872.